The standard InChI is InChI=1S/C7H11NS/c1-3-4-5-6-7(2)9-8/h3-6H,2,8H2,1H3. The lowest BCUT2D eigenvalue weighted by atomic mass is 10.4. The van der Waals surface area contributed by atoms with Gasteiger partial charge in [0.05, 0.1) is 0 Å². The second kappa shape index (κ2) is 5.66. The highest BCUT2D eigenvalue weighted by atomic mass is 32.2. The molecular formula is C7H11NS. The molecule has 0 aromatic carbocycles. The van der Waals surface area contributed by atoms with Crippen molar-refractivity contribution in [1.29, 1.82) is 0 Å². The van der Waals surface area contributed by atoms with Crippen LogP contribution in [0, 0.1) is 0 Å². The third-order valence-electron chi connectivity index (χ3n) is 0.737. The smallest absolute Gasteiger partial charge is 0.0154 e. The highest BCUT2D eigenvalue weighted by molar-refractivity contribution is 8.01. The van der Waals surface area contributed by atoms with Crippen LogP contribution in [0.2, 0.25) is 0 Å². The zero-order valence-corrected chi connectivity index (χ0v) is 6.32. The summed E-state index contributed by atoms with van der Waals surface area (Å²) in [4.78, 5) is 0.869. The van der Waals surface area contributed by atoms with Gasteiger partial charge in [0.15, 0.2) is 0 Å². The van der Waals surface area contributed by atoms with E-state index in [1.165, 1.54) is 0 Å². The summed E-state index contributed by atoms with van der Waals surface area (Å²) in [5.41, 5.74) is 0. The average Bonchev–Trinajstić information content (AvgIpc) is 1.89. The van der Waals surface area contributed by atoms with E-state index >= 15 is 0 Å². The lowest BCUT2D eigenvalue weighted by molar-refractivity contribution is 1.73. The van der Waals surface area contributed by atoms with Gasteiger partial charge in [-0.05, 0) is 24.9 Å². The molecule has 9 heavy (non-hydrogen) atoms. The van der Waals surface area contributed by atoms with Crippen molar-refractivity contribution in [3.63, 3.8) is 0 Å². The maximum absolute atomic E-state index is 5.20. The Labute approximate surface area is 60.5 Å². The van der Waals surface area contributed by atoms with Crippen LogP contribution in [-0.4, -0.2) is 0 Å². The highest BCUT2D eigenvalue weighted by Gasteiger charge is 1.77. The van der Waals surface area contributed by atoms with Crippen LogP contribution in [0.25, 0.3) is 0 Å². The molecule has 2 heteroatoms. The summed E-state index contributed by atoms with van der Waals surface area (Å²) in [5.74, 6) is 0. The molecule has 0 aromatic heterocycles. The van der Waals surface area contributed by atoms with E-state index in [2.05, 4.69) is 6.58 Å². The van der Waals surface area contributed by atoms with Crippen LogP contribution in [-0.2, 0) is 0 Å². The third-order valence-corrected chi connectivity index (χ3v) is 1.18. The topological polar surface area (TPSA) is 26.0 Å². The van der Waals surface area contributed by atoms with Crippen LogP contribution in [0.5, 0.6) is 0 Å². The fourth-order valence-corrected chi connectivity index (χ4v) is 0.470. The molecule has 0 fully saturated rings. The van der Waals surface area contributed by atoms with Crippen LogP contribution in [0.4, 0.5) is 0 Å². The minimum Gasteiger partial charge on any atom is -0.274 e. The monoisotopic (exact) mass is 141 g/mol. The van der Waals surface area contributed by atoms with Gasteiger partial charge in [0, 0.05) is 4.91 Å². The van der Waals surface area contributed by atoms with Gasteiger partial charge < -0.3 is 0 Å². The molecule has 50 valence electrons. The molecule has 0 aliphatic carbocycles. The van der Waals surface area contributed by atoms with Crippen molar-refractivity contribution in [3.8, 4) is 0 Å². The average molecular weight is 141 g/mol. The Morgan fingerprint density at radius 1 is 1.56 bits per heavy atom. The Kier molecular flexibility index (Phi) is 5.37. The van der Waals surface area contributed by atoms with Crippen LogP contribution in [0.15, 0.2) is 35.8 Å². The molecule has 0 aliphatic rings. The van der Waals surface area contributed by atoms with Gasteiger partial charge in [0.1, 0.15) is 0 Å². The Hall–Kier alpha value is -0.470. The molecule has 0 aromatic rings. The summed E-state index contributed by atoms with van der Waals surface area (Å²) in [7, 11) is 0. The van der Waals surface area contributed by atoms with Gasteiger partial charge in [-0.15, -0.1) is 0 Å². The van der Waals surface area contributed by atoms with E-state index in [-0.39, 0.29) is 0 Å². The third kappa shape index (κ3) is 5.40. The lowest BCUT2D eigenvalue weighted by Crippen LogP contribution is -1.75. The van der Waals surface area contributed by atoms with Crippen molar-refractivity contribution in [3.05, 3.63) is 35.8 Å². The Morgan fingerprint density at radius 3 is 2.67 bits per heavy atom. The van der Waals surface area contributed by atoms with Gasteiger partial charge in [-0.25, -0.2) is 0 Å². The van der Waals surface area contributed by atoms with Gasteiger partial charge >= 0.3 is 0 Å². The van der Waals surface area contributed by atoms with Gasteiger partial charge in [-0.2, -0.15) is 0 Å². The number of nitrogens with two attached hydrogens (primary N) is 1. The summed E-state index contributed by atoms with van der Waals surface area (Å²) >= 11 is 1.16. The van der Waals surface area contributed by atoms with Gasteiger partial charge in [0.25, 0.3) is 0 Å². The molecule has 0 radical (unpaired) electrons. The molecule has 0 saturated heterocycles. The molecule has 2 N–H and O–H groups in total. The van der Waals surface area contributed by atoms with Crippen molar-refractivity contribution in [1.82, 2.24) is 0 Å². The fourth-order valence-electron chi connectivity index (χ4n) is 0.313. The number of hydrogen-bond donors (Lipinski definition) is 1. The molecule has 0 atom stereocenters. The van der Waals surface area contributed by atoms with Crippen molar-refractivity contribution in [2.24, 2.45) is 5.14 Å². The first-order chi connectivity index (χ1) is 4.31. The quantitative estimate of drug-likeness (QED) is 0.482. The van der Waals surface area contributed by atoms with Crippen LogP contribution in [0.3, 0.4) is 0 Å². The molecule has 1 nitrogen and oxygen atoms in total. The molecular weight excluding hydrogens is 130 g/mol. The molecule has 0 bridgehead atoms. The van der Waals surface area contributed by atoms with Gasteiger partial charge in [-0.1, -0.05) is 24.8 Å². The second-order valence-electron chi connectivity index (χ2n) is 1.47. The summed E-state index contributed by atoms with van der Waals surface area (Å²) in [6.07, 6.45) is 7.65. The maximum Gasteiger partial charge on any atom is 0.0154 e. The van der Waals surface area contributed by atoms with Gasteiger partial charge in [-0.3, -0.25) is 5.14 Å². The summed E-state index contributed by atoms with van der Waals surface area (Å²) in [6.45, 7) is 5.62. The molecule has 0 rings (SSSR count). The second-order valence-corrected chi connectivity index (χ2v) is 2.23. The van der Waals surface area contributed by atoms with E-state index in [9.17, 15) is 0 Å². The molecule has 0 aliphatic heterocycles. The zero-order chi connectivity index (χ0) is 7.11. The number of hydrogen-bond acceptors (Lipinski definition) is 2. The van der Waals surface area contributed by atoms with E-state index in [4.69, 9.17) is 5.14 Å². The molecule has 0 spiro atoms. The predicted molar refractivity (Wildman–Crippen MR) is 44.9 cm³/mol. The first-order valence-electron chi connectivity index (χ1n) is 2.66. The first kappa shape index (κ1) is 8.53. The lowest BCUT2D eigenvalue weighted by Gasteiger charge is -1.86. The minimum atomic E-state index is 0.869. The fraction of sp³-hybridized carbons (Fsp3) is 0.143. The predicted octanol–water partition coefficient (Wildman–Crippen LogP) is 2.24. The minimum absolute atomic E-state index is 0.869. The summed E-state index contributed by atoms with van der Waals surface area (Å²) in [5, 5.41) is 5.20. The highest BCUT2D eigenvalue weighted by Crippen LogP contribution is 2.04. The largest absolute Gasteiger partial charge is 0.274 e. The van der Waals surface area contributed by atoms with E-state index in [0.717, 1.165) is 16.9 Å². The number of rotatable bonds is 3. The van der Waals surface area contributed by atoms with E-state index < -0.39 is 0 Å². The Bertz CT molecular complexity index is 136. The van der Waals surface area contributed by atoms with Crippen LogP contribution < -0.4 is 5.14 Å². The Balaban J connectivity index is 3.57. The molecule has 0 saturated carbocycles. The van der Waals surface area contributed by atoms with Crippen molar-refractivity contribution < 1.29 is 0 Å². The summed E-state index contributed by atoms with van der Waals surface area (Å²) in [6, 6.07) is 0. The normalized spacial score (nSPS) is 11.3. The van der Waals surface area contributed by atoms with Crippen LogP contribution in [0.1, 0.15) is 6.92 Å². The summed E-state index contributed by atoms with van der Waals surface area (Å²) < 4.78 is 0. The Morgan fingerprint density at radius 2 is 2.22 bits per heavy atom. The zero-order valence-electron chi connectivity index (χ0n) is 5.50. The van der Waals surface area contributed by atoms with E-state index in [0.29, 0.717) is 0 Å². The van der Waals surface area contributed by atoms with Gasteiger partial charge in [0.2, 0.25) is 0 Å². The van der Waals surface area contributed by atoms with E-state index in [1.54, 1.807) is 0 Å². The van der Waals surface area contributed by atoms with Crippen molar-refractivity contribution in [2.45, 2.75) is 6.92 Å². The SMILES string of the molecule is C=C(C=CC=CC)SN. The molecule has 0 unspecified atom stereocenters. The molecule has 0 amide bonds. The first-order valence-corrected chi connectivity index (χ1v) is 3.54. The number of allylic oxidation sites excluding steroid dienone is 4. The van der Waals surface area contributed by atoms with Crippen molar-refractivity contribution >= 4 is 11.9 Å². The van der Waals surface area contributed by atoms with E-state index in [1.807, 2.05) is 31.2 Å². The maximum atomic E-state index is 5.20. The molecule has 0 heterocycles. The van der Waals surface area contributed by atoms with Crippen LogP contribution >= 0.6 is 11.9 Å². The van der Waals surface area contributed by atoms with Crippen molar-refractivity contribution in [2.75, 3.05) is 0 Å².